The zero-order valence-electron chi connectivity index (χ0n) is 28.1. The molecule has 0 amide bonds. The number of carbonyl (C=O) groups excluding carboxylic acids is 1. The van der Waals surface area contributed by atoms with E-state index >= 15 is 8.78 Å². The van der Waals surface area contributed by atoms with Gasteiger partial charge in [0, 0.05) is 0 Å². The Bertz CT molecular complexity index is 1600. The molecule has 2 saturated carbocycles. The molecule has 2 aliphatic rings. The van der Waals surface area contributed by atoms with Crippen LogP contribution in [0.3, 0.4) is 0 Å². The van der Waals surface area contributed by atoms with Crippen molar-refractivity contribution in [3.05, 3.63) is 93.6 Å². The van der Waals surface area contributed by atoms with Crippen LogP contribution in [-0.2, 0) is 4.74 Å². The summed E-state index contributed by atoms with van der Waals surface area (Å²) in [6.07, 6.45) is 5.96. The third-order valence-corrected chi connectivity index (χ3v) is 9.99. The van der Waals surface area contributed by atoms with Crippen LogP contribution in [0.15, 0.2) is 36.4 Å². The molecule has 266 valence electrons. The van der Waals surface area contributed by atoms with E-state index in [1.807, 2.05) is 13.8 Å². The van der Waals surface area contributed by atoms with Gasteiger partial charge >= 0.3 is 5.97 Å². The van der Waals surface area contributed by atoms with Gasteiger partial charge in [-0.25, -0.2) is 22.4 Å². The van der Waals surface area contributed by atoms with Gasteiger partial charge in [0.15, 0.2) is 34.8 Å². The maximum absolute atomic E-state index is 15.3. The Labute approximate surface area is 284 Å². The van der Waals surface area contributed by atoms with Gasteiger partial charge in [-0.15, -0.1) is 0 Å². The molecule has 0 spiro atoms. The number of hydrogen-bond donors (Lipinski definition) is 0. The third kappa shape index (κ3) is 8.38. The highest BCUT2D eigenvalue weighted by molar-refractivity contribution is 5.90. The van der Waals surface area contributed by atoms with E-state index in [4.69, 9.17) is 14.2 Å². The number of unbranched alkanes of at least 4 members (excludes halogenated alkanes) is 2. The Kier molecular flexibility index (Phi) is 12.6. The van der Waals surface area contributed by atoms with Gasteiger partial charge in [-0.05, 0) is 117 Å². The van der Waals surface area contributed by atoms with Crippen molar-refractivity contribution >= 4 is 5.97 Å². The van der Waals surface area contributed by atoms with Crippen LogP contribution in [0, 0.1) is 34.9 Å². The van der Waals surface area contributed by atoms with E-state index in [0.717, 1.165) is 25.7 Å². The summed E-state index contributed by atoms with van der Waals surface area (Å²) in [5, 5.41) is 0. The van der Waals surface area contributed by atoms with Crippen LogP contribution in [0.25, 0.3) is 0 Å². The van der Waals surface area contributed by atoms with Crippen LogP contribution < -0.4 is 9.47 Å². The van der Waals surface area contributed by atoms with E-state index in [0.29, 0.717) is 64.6 Å². The lowest BCUT2D eigenvalue weighted by Gasteiger charge is -2.30. The molecule has 3 aromatic carbocycles. The van der Waals surface area contributed by atoms with Crippen molar-refractivity contribution in [1.82, 2.24) is 0 Å². The third-order valence-electron chi connectivity index (χ3n) is 9.99. The molecule has 0 aromatic heterocycles. The summed E-state index contributed by atoms with van der Waals surface area (Å²) in [6.45, 7) is 4.54. The highest BCUT2D eigenvalue weighted by atomic mass is 19.2. The van der Waals surface area contributed by atoms with Crippen molar-refractivity contribution in [3.8, 4) is 11.5 Å². The number of halogens is 6. The van der Waals surface area contributed by atoms with E-state index < -0.39 is 52.5 Å². The van der Waals surface area contributed by atoms with E-state index in [2.05, 4.69) is 0 Å². The maximum Gasteiger partial charge on any atom is 0.341 e. The summed E-state index contributed by atoms with van der Waals surface area (Å²) in [7, 11) is 0. The summed E-state index contributed by atoms with van der Waals surface area (Å²) in [5.41, 5.74) is 0.114. The monoisotopic (exact) mass is 690 g/mol. The number of ether oxygens (including phenoxy) is 3. The lowest BCUT2D eigenvalue weighted by molar-refractivity contribution is 0.0188. The van der Waals surface area contributed by atoms with Gasteiger partial charge in [0.1, 0.15) is 6.10 Å². The first-order valence-corrected chi connectivity index (χ1v) is 17.5. The molecule has 10 heteroatoms. The molecule has 3 aromatic rings. The second-order valence-corrected chi connectivity index (χ2v) is 13.2. The molecule has 49 heavy (non-hydrogen) atoms. The van der Waals surface area contributed by atoms with E-state index in [1.54, 1.807) is 0 Å². The van der Waals surface area contributed by atoms with Gasteiger partial charge in [0.2, 0.25) is 11.6 Å². The SMILES string of the molecule is CCCCOc1ccc(C2CCC(OC(=O)c3ccc(C4CCC(c5ccc(OCCCC)c(F)c5F)CC4)c(F)c3F)CC2)c(F)c1F. The first-order valence-electron chi connectivity index (χ1n) is 17.5. The largest absolute Gasteiger partial charge is 0.490 e. The van der Waals surface area contributed by atoms with Gasteiger partial charge in [0.25, 0.3) is 0 Å². The quantitative estimate of drug-likeness (QED) is 0.102. The molecule has 0 N–H and O–H groups in total. The Morgan fingerprint density at radius 3 is 1.37 bits per heavy atom. The van der Waals surface area contributed by atoms with Gasteiger partial charge in [0.05, 0.1) is 18.8 Å². The number of carbonyl (C=O) groups is 1. The molecule has 2 aliphatic carbocycles. The van der Waals surface area contributed by atoms with Crippen LogP contribution in [-0.4, -0.2) is 25.3 Å². The van der Waals surface area contributed by atoms with Crippen molar-refractivity contribution in [3.63, 3.8) is 0 Å². The number of hydrogen-bond acceptors (Lipinski definition) is 4. The standard InChI is InChI=1S/C39H44F6O4/c1-3-5-21-47-31-19-17-28(34(41)37(31)44)24-9-7-23(8-10-24)27-15-16-30(36(43)33(27)40)39(46)49-26-13-11-25(12-14-26)29-18-20-32(38(45)35(29)42)48-22-6-4-2/h15-20,23-26H,3-14,21-22H2,1-2H3. The molecular formula is C39H44F6O4. The summed E-state index contributed by atoms with van der Waals surface area (Å²) in [4.78, 5) is 12.9. The Morgan fingerprint density at radius 1 is 0.551 bits per heavy atom. The minimum absolute atomic E-state index is 0.117. The normalized spacial score (nSPS) is 21.0. The number of esters is 1. The van der Waals surface area contributed by atoms with Crippen molar-refractivity contribution in [2.75, 3.05) is 13.2 Å². The molecule has 2 fully saturated rings. The second-order valence-electron chi connectivity index (χ2n) is 13.2. The molecule has 4 nitrogen and oxygen atoms in total. The Hall–Kier alpha value is -3.69. The highest BCUT2D eigenvalue weighted by Crippen LogP contribution is 2.43. The van der Waals surface area contributed by atoms with Crippen molar-refractivity contribution < 1.29 is 45.3 Å². The first kappa shape index (κ1) is 36.6. The number of benzene rings is 3. The molecule has 0 aliphatic heterocycles. The first-order chi connectivity index (χ1) is 23.6. The maximum atomic E-state index is 15.3. The van der Waals surface area contributed by atoms with Gasteiger partial charge < -0.3 is 14.2 Å². The van der Waals surface area contributed by atoms with E-state index in [1.165, 1.54) is 36.4 Å². The molecule has 0 heterocycles. The lowest BCUT2D eigenvalue weighted by Crippen LogP contribution is -2.25. The number of rotatable bonds is 13. The fourth-order valence-corrected chi connectivity index (χ4v) is 7.06. The summed E-state index contributed by atoms with van der Waals surface area (Å²) in [6, 6.07) is 8.57. The van der Waals surface area contributed by atoms with Crippen LogP contribution in [0.4, 0.5) is 26.3 Å². The summed E-state index contributed by atoms with van der Waals surface area (Å²) in [5.74, 6) is -8.43. The van der Waals surface area contributed by atoms with Crippen LogP contribution >= 0.6 is 0 Å². The Balaban J connectivity index is 1.15. The van der Waals surface area contributed by atoms with E-state index in [9.17, 15) is 22.4 Å². The fourth-order valence-electron chi connectivity index (χ4n) is 7.06. The molecule has 0 atom stereocenters. The smallest absolute Gasteiger partial charge is 0.341 e. The van der Waals surface area contributed by atoms with Crippen molar-refractivity contribution in [1.29, 1.82) is 0 Å². The minimum Gasteiger partial charge on any atom is -0.490 e. The lowest BCUT2D eigenvalue weighted by atomic mass is 9.75. The van der Waals surface area contributed by atoms with Gasteiger partial charge in [-0.1, -0.05) is 44.9 Å². The van der Waals surface area contributed by atoms with Crippen molar-refractivity contribution in [2.24, 2.45) is 0 Å². The zero-order chi connectivity index (χ0) is 35.1. The molecule has 5 rings (SSSR count). The molecule has 0 saturated heterocycles. The average molecular weight is 691 g/mol. The molecule has 0 unspecified atom stereocenters. The predicted octanol–water partition coefficient (Wildman–Crippen LogP) is 11.2. The average Bonchev–Trinajstić information content (AvgIpc) is 3.10. The Morgan fingerprint density at radius 2 is 0.939 bits per heavy atom. The predicted molar refractivity (Wildman–Crippen MR) is 174 cm³/mol. The van der Waals surface area contributed by atoms with Crippen LogP contribution in [0.2, 0.25) is 0 Å². The highest BCUT2D eigenvalue weighted by Gasteiger charge is 2.32. The molecule has 0 bridgehead atoms. The van der Waals surface area contributed by atoms with Crippen LogP contribution in [0.5, 0.6) is 11.5 Å². The van der Waals surface area contributed by atoms with E-state index in [-0.39, 0.29) is 45.9 Å². The van der Waals surface area contributed by atoms with Crippen LogP contribution in [0.1, 0.15) is 136 Å². The fraction of sp³-hybridized carbons (Fsp3) is 0.513. The molecular weight excluding hydrogens is 646 g/mol. The second kappa shape index (κ2) is 16.8. The van der Waals surface area contributed by atoms with Crippen molar-refractivity contribution in [2.45, 2.75) is 115 Å². The topological polar surface area (TPSA) is 44.8 Å². The minimum atomic E-state index is -1.29. The summed E-state index contributed by atoms with van der Waals surface area (Å²) >= 11 is 0. The zero-order valence-corrected chi connectivity index (χ0v) is 28.1. The molecule has 0 radical (unpaired) electrons. The summed E-state index contributed by atoms with van der Waals surface area (Å²) < 4.78 is 106. The van der Waals surface area contributed by atoms with Gasteiger partial charge in [-0.3, -0.25) is 0 Å². The van der Waals surface area contributed by atoms with Gasteiger partial charge in [-0.2, -0.15) is 8.78 Å².